The molecule has 0 bridgehead atoms. The van der Waals surface area contributed by atoms with Gasteiger partial charge in [0, 0.05) is 0 Å². The first-order valence-corrected chi connectivity index (χ1v) is 20.7. The molecule has 4 aliphatic carbocycles. The van der Waals surface area contributed by atoms with E-state index in [0.29, 0.717) is 23.5 Å². The Labute approximate surface area is 299 Å². The van der Waals surface area contributed by atoms with Crippen LogP contribution in [0.25, 0.3) is 0 Å². The number of carbonyl (C=O) groups excluding carboxylic acids is 1. The zero-order valence-electron chi connectivity index (χ0n) is 32.2. The highest BCUT2D eigenvalue weighted by atomic mass is 16.5. The van der Waals surface area contributed by atoms with E-state index in [4.69, 9.17) is 9.47 Å². The van der Waals surface area contributed by atoms with Crippen molar-refractivity contribution >= 4 is 5.97 Å². The number of rotatable bonds is 17. The molecule has 0 amide bonds. The molecule has 49 heavy (non-hydrogen) atoms. The molecule has 8 atom stereocenters. The number of esters is 1. The topological polar surface area (TPSA) is 52.6 Å². The first-order valence-electron chi connectivity index (χ1n) is 20.7. The summed E-state index contributed by atoms with van der Waals surface area (Å²) in [6, 6.07) is 6.50. The van der Waals surface area contributed by atoms with Gasteiger partial charge in [-0.3, -0.25) is 9.59 Å². The van der Waals surface area contributed by atoms with Crippen LogP contribution in [0.1, 0.15) is 164 Å². The van der Waals surface area contributed by atoms with Crippen LogP contribution in [-0.2, 0) is 4.79 Å². The van der Waals surface area contributed by atoms with Gasteiger partial charge < -0.3 is 9.47 Å². The summed E-state index contributed by atoms with van der Waals surface area (Å²) >= 11 is 0. The fourth-order valence-electron chi connectivity index (χ4n) is 11.2. The smallest absolute Gasteiger partial charge is 0.314 e. The molecule has 3 fully saturated rings. The van der Waals surface area contributed by atoms with E-state index in [1.165, 1.54) is 102 Å². The maximum Gasteiger partial charge on any atom is 0.314 e. The lowest BCUT2D eigenvalue weighted by Crippen LogP contribution is -2.50. The zero-order valence-corrected chi connectivity index (χ0v) is 32.2. The molecule has 1 aromatic carbocycles. The Morgan fingerprint density at radius 2 is 1.57 bits per heavy atom. The lowest BCUT2D eigenvalue weighted by Gasteiger charge is -2.58. The molecule has 1 aromatic rings. The number of hydrogen-bond acceptors (Lipinski definition) is 4. The second kappa shape index (κ2) is 17.4. The molecule has 0 aliphatic heterocycles. The summed E-state index contributed by atoms with van der Waals surface area (Å²) < 4.78 is 11.8. The SMILES string of the molecule is CCCCCCCCCCOc1ccc(OC(=O)[C@H]2CC[C@@]3(C)C(=CC[C@H]4[C@@H]5CC[C@H]([C@H](C)CCCC(C)C)[C@@]5(C)CC[C@@H]43)C2)ccc1=O. The van der Waals surface area contributed by atoms with Crippen molar-refractivity contribution in [1.29, 1.82) is 0 Å². The van der Waals surface area contributed by atoms with E-state index in [9.17, 15) is 9.59 Å². The second-order valence-corrected chi connectivity index (χ2v) is 17.8. The number of hydrogen-bond donors (Lipinski definition) is 0. The third kappa shape index (κ3) is 9.04. The Morgan fingerprint density at radius 3 is 2.33 bits per heavy atom. The Bertz CT molecular complexity index is 1320. The van der Waals surface area contributed by atoms with E-state index in [-0.39, 0.29) is 22.7 Å². The monoisotopic (exact) mass is 675 g/mol. The van der Waals surface area contributed by atoms with Crippen molar-refractivity contribution in [3.05, 3.63) is 46.1 Å². The van der Waals surface area contributed by atoms with Gasteiger partial charge in [-0.15, -0.1) is 0 Å². The van der Waals surface area contributed by atoms with Crippen molar-refractivity contribution in [2.24, 2.45) is 52.3 Å². The maximum atomic E-state index is 13.5. The van der Waals surface area contributed by atoms with Crippen molar-refractivity contribution in [1.82, 2.24) is 0 Å². The van der Waals surface area contributed by atoms with Crippen molar-refractivity contribution in [3.8, 4) is 11.5 Å². The number of ether oxygens (including phenoxy) is 2. The summed E-state index contributed by atoms with van der Waals surface area (Å²) in [5, 5.41) is 0. The van der Waals surface area contributed by atoms with Gasteiger partial charge in [-0.2, -0.15) is 0 Å². The first-order chi connectivity index (χ1) is 23.6. The molecule has 0 unspecified atom stereocenters. The van der Waals surface area contributed by atoms with E-state index in [0.717, 1.165) is 67.6 Å². The van der Waals surface area contributed by atoms with Crippen molar-refractivity contribution < 1.29 is 14.3 Å². The summed E-state index contributed by atoms with van der Waals surface area (Å²) in [6.07, 6.45) is 26.0. The average Bonchev–Trinajstić information content (AvgIpc) is 3.34. The molecule has 0 radical (unpaired) electrons. The molecule has 4 aliphatic rings. The molecule has 4 heteroatoms. The minimum atomic E-state index is -0.171. The van der Waals surface area contributed by atoms with Gasteiger partial charge in [0.1, 0.15) is 5.75 Å². The molecule has 0 N–H and O–H groups in total. The van der Waals surface area contributed by atoms with Gasteiger partial charge in [0.05, 0.1) is 12.5 Å². The van der Waals surface area contributed by atoms with Gasteiger partial charge in [0.15, 0.2) is 5.75 Å². The van der Waals surface area contributed by atoms with Crippen molar-refractivity contribution in [3.63, 3.8) is 0 Å². The van der Waals surface area contributed by atoms with E-state index in [1.807, 2.05) is 0 Å². The molecule has 274 valence electrons. The Balaban J connectivity index is 1.13. The first kappa shape index (κ1) is 38.1. The number of allylic oxidation sites excluding steroid dienone is 2. The van der Waals surface area contributed by atoms with Crippen LogP contribution in [0.4, 0.5) is 0 Å². The molecular formula is C45H70O4. The zero-order chi connectivity index (χ0) is 35.0. The van der Waals surface area contributed by atoms with E-state index < -0.39 is 0 Å². The van der Waals surface area contributed by atoms with Crippen molar-refractivity contribution in [2.75, 3.05) is 6.61 Å². The quantitative estimate of drug-likeness (QED) is 0.0937. The third-order valence-corrected chi connectivity index (χ3v) is 14.2. The van der Waals surface area contributed by atoms with Crippen LogP contribution in [-0.4, -0.2) is 12.6 Å². The second-order valence-electron chi connectivity index (χ2n) is 17.8. The summed E-state index contributed by atoms with van der Waals surface area (Å²) in [5.41, 5.74) is 2.05. The van der Waals surface area contributed by atoms with Crippen molar-refractivity contribution in [2.45, 2.75) is 164 Å². The summed E-state index contributed by atoms with van der Waals surface area (Å²) in [7, 11) is 0. The standard InChI is InChI=1S/C45H70O4/c1-7-8-9-10-11-12-13-14-30-48-42-25-20-36(19-24-41(42)46)49-43(47)34-26-28-44(5)35(31-34)18-21-37-39-23-22-38(33(4)17-15-16-32(2)3)45(39,6)29-27-40(37)44/h18-20,24-25,32-34,37-40H,7-17,21-23,26-31H2,1-6H3/t33-,34+,37+,38-,39+,40+,44+,45-/m1/s1. The van der Waals surface area contributed by atoms with Crippen LogP contribution < -0.4 is 14.9 Å². The van der Waals surface area contributed by atoms with Crippen LogP contribution in [0.3, 0.4) is 0 Å². The molecule has 0 heterocycles. The lowest BCUT2D eigenvalue weighted by atomic mass is 9.46. The molecule has 5 rings (SSSR count). The van der Waals surface area contributed by atoms with E-state index >= 15 is 0 Å². The van der Waals surface area contributed by atoms with E-state index in [1.54, 1.807) is 18.2 Å². The molecule has 3 saturated carbocycles. The highest BCUT2D eigenvalue weighted by molar-refractivity contribution is 5.75. The van der Waals surface area contributed by atoms with Gasteiger partial charge in [-0.1, -0.05) is 117 Å². The maximum absolute atomic E-state index is 13.5. The van der Waals surface area contributed by atoms with Gasteiger partial charge in [0.2, 0.25) is 5.43 Å². The molecule has 0 aromatic heterocycles. The molecule has 0 spiro atoms. The van der Waals surface area contributed by atoms with Gasteiger partial charge in [0.25, 0.3) is 0 Å². The van der Waals surface area contributed by atoms with Crippen LogP contribution in [0.2, 0.25) is 0 Å². The molecule has 4 nitrogen and oxygen atoms in total. The number of unbranched alkanes of at least 4 members (excludes halogenated alkanes) is 7. The molecule has 0 saturated heterocycles. The summed E-state index contributed by atoms with van der Waals surface area (Å²) in [6.45, 7) is 15.3. The van der Waals surface area contributed by atoms with Crippen LogP contribution in [0.15, 0.2) is 40.7 Å². The van der Waals surface area contributed by atoms with Crippen LogP contribution >= 0.6 is 0 Å². The summed E-state index contributed by atoms with van der Waals surface area (Å²) in [4.78, 5) is 26.2. The highest BCUT2D eigenvalue weighted by Crippen LogP contribution is 2.67. The Hall–Kier alpha value is -2.10. The minimum Gasteiger partial charge on any atom is -0.489 e. The fraction of sp³-hybridized carbons (Fsp3) is 0.778. The van der Waals surface area contributed by atoms with Gasteiger partial charge in [-0.25, -0.2) is 0 Å². The van der Waals surface area contributed by atoms with E-state index in [2.05, 4.69) is 47.6 Å². The largest absolute Gasteiger partial charge is 0.489 e. The Morgan fingerprint density at radius 1 is 0.837 bits per heavy atom. The fourth-order valence-corrected chi connectivity index (χ4v) is 11.2. The lowest BCUT2D eigenvalue weighted by molar-refractivity contribution is -0.140. The third-order valence-electron chi connectivity index (χ3n) is 14.2. The summed E-state index contributed by atoms with van der Waals surface area (Å²) in [5.74, 6) is 5.38. The van der Waals surface area contributed by atoms with Gasteiger partial charge >= 0.3 is 5.97 Å². The van der Waals surface area contributed by atoms with Crippen LogP contribution in [0, 0.1) is 52.3 Å². The van der Waals surface area contributed by atoms with Gasteiger partial charge in [-0.05, 0) is 128 Å². The number of carbonyl (C=O) groups is 1. The predicted molar refractivity (Wildman–Crippen MR) is 203 cm³/mol. The predicted octanol–water partition coefficient (Wildman–Crippen LogP) is 12.1. The number of fused-ring (bicyclic) bond motifs is 5. The Kier molecular flexibility index (Phi) is 13.6. The van der Waals surface area contributed by atoms with Crippen LogP contribution in [0.5, 0.6) is 11.5 Å². The highest BCUT2D eigenvalue weighted by Gasteiger charge is 2.59. The minimum absolute atomic E-state index is 0.123. The average molecular weight is 675 g/mol. The molecular weight excluding hydrogens is 604 g/mol. The normalized spacial score (nSPS) is 31.3.